The summed E-state index contributed by atoms with van der Waals surface area (Å²) in [6, 6.07) is 8.45. The zero-order valence-electron chi connectivity index (χ0n) is 11.8. The lowest BCUT2D eigenvalue weighted by molar-refractivity contribution is 0.00928. The monoisotopic (exact) mass is 244 g/mol. The molecule has 1 heteroatoms. The van der Waals surface area contributed by atoms with Crippen LogP contribution in [0.2, 0.25) is 0 Å². The van der Waals surface area contributed by atoms with Crippen LogP contribution in [0.3, 0.4) is 0 Å². The molecule has 0 heterocycles. The van der Waals surface area contributed by atoms with Crippen LogP contribution in [0.1, 0.15) is 57.6 Å². The van der Waals surface area contributed by atoms with Gasteiger partial charge in [0.05, 0.1) is 5.60 Å². The summed E-state index contributed by atoms with van der Waals surface area (Å²) >= 11 is 0. The Labute approximate surface area is 111 Å². The third-order valence-electron chi connectivity index (χ3n) is 4.05. The fourth-order valence-electron chi connectivity index (χ4n) is 2.58. The maximum atomic E-state index is 10.8. The third-order valence-corrected chi connectivity index (χ3v) is 4.05. The van der Waals surface area contributed by atoms with Gasteiger partial charge in [-0.15, -0.1) is 0 Å². The molecule has 1 aromatic rings. The van der Waals surface area contributed by atoms with Gasteiger partial charge in [0.15, 0.2) is 0 Å². The van der Waals surface area contributed by atoms with E-state index in [0.717, 1.165) is 31.2 Å². The normalized spacial score (nSPS) is 19.9. The summed E-state index contributed by atoms with van der Waals surface area (Å²) in [6.45, 7) is 10.6. The van der Waals surface area contributed by atoms with Gasteiger partial charge < -0.3 is 5.11 Å². The summed E-state index contributed by atoms with van der Waals surface area (Å²) in [5.74, 6) is 0. The lowest BCUT2D eigenvalue weighted by Gasteiger charge is -2.34. The van der Waals surface area contributed by atoms with Crippen LogP contribution in [-0.4, -0.2) is 5.11 Å². The molecule has 0 aromatic heterocycles. The van der Waals surface area contributed by atoms with Crippen molar-refractivity contribution >= 4 is 0 Å². The van der Waals surface area contributed by atoms with Crippen LogP contribution in [0.15, 0.2) is 36.4 Å². The Bertz CT molecular complexity index is 441. The SMILES string of the molecule is C=C1CCC(O)(c2cccc(C(C)(C)C)c2)CC1. The molecule has 1 nitrogen and oxygen atoms in total. The van der Waals surface area contributed by atoms with Crippen molar-refractivity contribution in [2.45, 2.75) is 57.5 Å². The van der Waals surface area contributed by atoms with E-state index >= 15 is 0 Å². The molecule has 1 aliphatic rings. The summed E-state index contributed by atoms with van der Waals surface area (Å²) in [6.07, 6.45) is 3.49. The van der Waals surface area contributed by atoms with Crippen molar-refractivity contribution in [3.63, 3.8) is 0 Å². The number of allylic oxidation sites excluding steroid dienone is 1. The minimum Gasteiger partial charge on any atom is -0.385 e. The molecule has 1 aromatic carbocycles. The minimum atomic E-state index is -0.650. The molecule has 0 unspecified atom stereocenters. The molecule has 1 saturated carbocycles. The molecular weight excluding hydrogens is 220 g/mol. The zero-order chi connectivity index (χ0) is 13.4. The van der Waals surface area contributed by atoms with Gasteiger partial charge in [0.1, 0.15) is 0 Å². The maximum Gasteiger partial charge on any atom is 0.0902 e. The molecule has 1 aliphatic carbocycles. The first-order valence-electron chi connectivity index (χ1n) is 6.81. The van der Waals surface area contributed by atoms with Gasteiger partial charge in [-0.05, 0) is 42.2 Å². The van der Waals surface area contributed by atoms with Gasteiger partial charge in [0.2, 0.25) is 0 Å². The highest BCUT2D eigenvalue weighted by molar-refractivity contribution is 5.33. The molecule has 0 amide bonds. The Morgan fingerprint density at radius 3 is 2.33 bits per heavy atom. The largest absolute Gasteiger partial charge is 0.385 e. The van der Waals surface area contributed by atoms with Crippen LogP contribution in [0.5, 0.6) is 0 Å². The highest BCUT2D eigenvalue weighted by Crippen LogP contribution is 2.39. The van der Waals surface area contributed by atoms with E-state index in [0.29, 0.717) is 0 Å². The molecule has 0 atom stereocenters. The second-order valence-electron chi connectivity index (χ2n) is 6.61. The second-order valence-corrected chi connectivity index (χ2v) is 6.61. The summed E-state index contributed by atoms with van der Waals surface area (Å²) in [7, 11) is 0. The molecule has 18 heavy (non-hydrogen) atoms. The lowest BCUT2D eigenvalue weighted by Crippen LogP contribution is -2.29. The van der Waals surface area contributed by atoms with E-state index in [1.165, 1.54) is 11.1 Å². The Morgan fingerprint density at radius 1 is 1.17 bits per heavy atom. The van der Waals surface area contributed by atoms with Crippen molar-refractivity contribution in [1.29, 1.82) is 0 Å². The zero-order valence-corrected chi connectivity index (χ0v) is 11.8. The van der Waals surface area contributed by atoms with Gasteiger partial charge in [-0.1, -0.05) is 57.2 Å². The Morgan fingerprint density at radius 2 is 1.78 bits per heavy atom. The minimum absolute atomic E-state index is 0.130. The maximum absolute atomic E-state index is 10.8. The first-order valence-corrected chi connectivity index (χ1v) is 6.81. The first kappa shape index (κ1) is 13.4. The van der Waals surface area contributed by atoms with Gasteiger partial charge in [-0.25, -0.2) is 0 Å². The van der Waals surface area contributed by atoms with Gasteiger partial charge in [-0.2, -0.15) is 0 Å². The van der Waals surface area contributed by atoms with Crippen LogP contribution in [0, 0.1) is 0 Å². The molecule has 0 radical (unpaired) electrons. The van der Waals surface area contributed by atoms with Crippen molar-refractivity contribution < 1.29 is 5.11 Å². The molecule has 98 valence electrons. The highest BCUT2D eigenvalue weighted by Gasteiger charge is 2.32. The van der Waals surface area contributed by atoms with Crippen LogP contribution in [0.25, 0.3) is 0 Å². The van der Waals surface area contributed by atoms with Crippen LogP contribution < -0.4 is 0 Å². The van der Waals surface area contributed by atoms with Gasteiger partial charge in [0, 0.05) is 0 Å². The third kappa shape index (κ3) is 2.67. The molecule has 1 fully saturated rings. The summed E-state index contributed by atoms with van der Waals surface area (Å²) in [5.41, 5.74) is 3.11. The van der Waals surface area contributed by atoms with Gasteiger partial charge >= 0.3 is 0 Å². The molecule has 0 saturated heterocycles. The van der Waals surface area contributed by atoms with E-state index in [-0.39, 0.29) is 5.41 Å². The van der Waals surface area contributed by atoms with E-state index in [9.17, 15) is 5.11 Å². The van der Waals surface area contributed by atoms with Crippen LogP contribution in [-0.2, 0) is 11.0 Å². The van der Waals surface area contributed by atoms with Crippen molar-refractivity contribution in [2.24, 2.45) is 0 Å². The fraction of sp³-hybridized carbons (Fsp3) is 0.529. The molecule has 0 bridgehead atoms. The predicted octanol–water partition coefficient (Wildman–Crippen LogP) is 4.30. The number of aliphatic hydroxyl groups is 1. The summed E-state index contributed by atoms with van der Waals surface area (Å²) < 4.78 is 0. The molecule has 1 N–H and O–H groups in total. The van der Waals surface area contributed by atoms with E-state index in [2.05, 4.69) is 51.6 Å². The predicted molar refractivity (Wildman–Crippen MR) is 76.6 cm³/mol. The van der Waals surface area contributed by atoms with Crippen molar-refractivity contribution in [2.75, 3.05) is 0 Å². The van der Waals surface area contributed by atoms with Crippen molar-refractivity contribution in [1.82, 2.24) is 0 Å². The highest BCUT2D eigenvalue weighted by atomic mass is 16.3. The number of hydrogen-bond donors (Lipinski definition) is 1. The second kappa shape index (κ2) is 4.55. The molecule has 0 spiro atoms. The van der Waals surface area contributed by atoms with Crippen molar-refractivity contribution in [3.05, 3.63) is 47.5 Å². The van der Waals surface area contributed by atoms with Crippen molar-refractivity contribution in [3.8, 4) is 0 Å². The Kier molecular flexibility index (Phi) is 3.37. The van der Waals surface area contributed by atoms with Crippen LogP contribution in [0.4, 0.5) is 0 Å². The molecular formula is C17H24O. The fourth-order valence-corrected chi connectivity index (χ4v) is 2.58. The summed E-state index contributed by atoms with van der Waals surface area (Å²) in [4.78, 5) is 0. The smallest absolute Gasteiger partial charge is 0.0902 e. The average Bonchev–Trinajstić information content (AvgIpc) is 2.32. The van der Waals surface area contributed by atoms with E-state index in [4.69, 9.17) is 0 Å². The average molecular weight is 244 g/mol. The lowest BCUT2D eigenvalue weighted by atomic mass is 9.76. The topological polar surface area (TPSA) is 20.2 Å². The first-order chi connectivity index (χ1) is 8.31. The standard InChI is InChI=1S/C17H24O/c1-13-8-10-17(18,11-9-13)15-7-5-6-14(12-15)16(2,3)4/h5-7,12,18H,1,8-11H2,2-4H3. The van der Waals surface area contributed by atoms with E-state index in [1.807, 2.05) is 0 Å². The van der Waals surface area contributed by atoms with E-state index in [1.54, 1.807) is 0 Å². The number of rotatable bonds is 1. The summed E-state index contributed by atoms with van der Waals surface area (Å²) in [5, 5.41) is 10.8. The number of benzene rings is 1. The van der Waals surface area contributed by atoms with Gasteiger partial charge in [0.25, 0.3) is 0 Å². The Balaban J connectivity index is 2.31. The molecule has 2 rings (SSSR count). The van der Waals surface area contributed by atoms with Gasteiger partial charge in [-0.3, -0.25) is 0 Å². The Hall–Kier alpha value is -1.08. The molecule has 0 aliphatic heterocycles. The van der Waals surface area contributed by atoms with Crippen LogP contribution >= 0.6 is 0 Å². The quantitative estimate of drug-likeness (QED) is 0.730. The number of hydrogen-bond acceptors (Lipinski definition) is 1. The van der Waals surface area contributed by atoms with E-state index < -0.39 is 5.60 Å².